The lowest BCUT2D eigenvalue weighted by Crippen LogP contribution is -2.49. The highest BCUT2D eigenvalue weighted by atomic mass is 32.1. The summed E-state index contributed by atoms with van der Waals surface area (Å²) in [6, 6.07) is 17.2. The van der Waals surface area contributed by atoms with Gasteiger partial charge in [-0.15, -0.1) is 11.3 Å². The van der Waals surface area contributed by atoms with Crippen LogP contribution in [0.4, 0.5) is 0 Å². The first-order valence-electron chi connectivity index (χ1n) is 11.7. The molecule has 0 N–H and O–H groups in total. The maximum Gasteiger partial charge on any atom is 0.254 e. The number of ether oxygens (including phenoxy) is 2. The summed E-state index contributed by atoms with van der Waals surface area (Å²) >= 11 is 1.75. The van der Waals surface area contributed by atoms with E-state index in [-0.39, 0.29) is 37.2 Å². The van der Waals surface area contributed by atoms with Crippen molar-refractivity contribution in [1.29, 1.82) is 0 Å². The molecule has 7 heteroatoms. The molecule has 2 atom stereocenters. The molecule has 176 valence electrons. The van der Waals surface area contributed by atoms with E-state index in [4.69, 9.17) is 9.47 Å². The van der Waals surface area contributed by atoms with Crippen LogP contribution in [0.5, 0.6) is 11.5 Å². The average molecular weight is 477 g/mol. The van der Waals surface area contributed by atoms with Gasteiger partial charge in [-0.1, -0.05) is 37.3 Å². The fourth-order valence-corrected chi connectivity index (χ4v) is 5.56. The lowest BCUT2D eigenvalue weighted by Gasteiger charge is -2.38. The molecule has 0 saturated heterocycles. The van der Waals surface area contributed by atoms with Gasteiger partial charge in [0.05, 0.1) is 6.04 Å². The predicted molar refractivity (Wildman–Crippen MR) is 131 cm³/mol. The van der Waals surface area contributed by atoms with E-state index in [1.54, 1.807) is 34.4 Å². The molecule has 5 rings (SSSR count). The number of fused-ring (bicyclic) bond motifs is 2. The number of benzene rings is 2. The summed E-state index contributed by atoms with van der Waals surface area (Å²) in [6.45, 7) is 4.84. The third-order valence-corrected chi connectivity index (χ3v) is 7.71. The maximum atomic E-state index is 13.8. The summed E-state index contributed by atoms with van der Waals surface area (Å²) < 4.78 is 10.8. The van der Waals surface area contributed by atoms with Gasteiger partial charge in [-0.2, -0.15) is 0 Å². The Hall–Kier alpha value is -3.32. The molecular formula is C27H28N2O4S. The van der Waals surface area contributed by atoms with Crippen molar-refractivity contribution in [1.82, 2.24) is 9.80 Å². The molecule has 0 saturated carbocycles. The maximum absolute atomic E-state index is 13.8. The normalized spacial score (nSPS) is 17.2. The van der Waals surface area contributed by atoms with Gasteiger partial charge < -0.3 is 19.3 Å². The van der Waals surface area contributed by atoms with E-state index in [2.05, 4.69) is 23.6 Å². The van der Waals surface area contributed by atoms with Gasteiger partial charge in [-0.05, 0) is 60.5 Å². The van der Waals surface area contributed by atoms with Gasteiger partial charge in [0.2, 0.25) is 12.7 Å². The molecular weight excluding hydrogens is 448 g/mol. The molecule has 0 bridgehead atoms. The third kappa shape index (κ3) is 4.16. The number of carbonyl (C=O) groups is 2. The Bertz CT molecular complexity index is 1190. The quantitative estimate of drug-likeness (QED) is 0.508. The number of thiophene rings is 1. The Labute approximate surface area is 203 Å². The Morgan fingerprint density at radius 3 is 2.71 bits per heavy atom. The fourth-order valence-electron chi connectivity index (χ4n) is 4.66. The van der Waals surface area contributed by atoms with Crippen molar-refractivity contribution in [3.05, 3.63) is 81.5 Å². The monoisotopic (exact) mass is 476 g/mol. The first kappa shape index (κ1) is 22.5. The first-order valence-corrected chi connectivity index (χ1v) is 12.6. The van der Waals surface area contributed by atoms with Crippen molar-refractivity contribution in [3.8, 4) is 11.5 Å². The minimum absolute atomic E-state index is 0.0328. The topological polar surface area (TPSA) is 59.1 Å². The first-order chi connectivity index (χ1) is 16.6. The van der Waals surface area contributed by atoms with Gasteiger partial charge in [0.1, 0.15) is 6.54 Å². The molecule has 0 spiro atoms. The number of hydrogen-bond donors (Lipinski definition) is 0. The predicted octanol–water partition coefficient (Wildman–Crippen LogP) is 4.89. The van der Waals surface area contributed by atoms with E-state index in [9.17, 15) is 9.59 Å². The molecule has 0 aliphatic carbocycles. The standard InChI is InChI=1S/C27H28N2O4S/c1-3-18(2)29(27(31)20-9-10-22-23(15-20)33-17-32-22)16-25(30)28-13-11-24-21(12-14-34-24)26(28)19-7-5-4-6-8-19/h4-10,12,14-15,18,26H,3,11,13,16-17H2,1-2H3. The Balaban J connectivity index is 1.42. The highest BCUT2D eigenvalue weighted by Gasteiger charge is 2.35. The molecule has 2 aliphatic rings. The smallest absolute Gasteiger partial charge is 0.254 e. The number of carbonyl (C=O) groups excluding carboxylic acids is 2. The van der Waals surface area contributed by atoms with Crippen molar-refractivity contribution >= 4 is 23.2 Å². The molecule has 0 radical (unpaired) electrons. The van der Waals surface area contributed by atoms with Crippen molar-refractivity contribution in [2.75, 3.05) is 19.9 Å². The van der Waals surface area contributed by atoms with Crippen molar-refractivity contribution in [2.45, 2.75) is 38.8 Å². The summed E-state index contributed by atoms with van der Waals surface area (Å²) in [6.07, 6.45) is 1.59. The molecule has 2 aliphatic heterocycles. The molecule has 0 fully saturated rings. The third-order valence-electron chi connectivity index (χ3n) is 6.71. The van der Waals surface area contributed by atoms with Crippen LogP contribution in [-0.2, 0) is 11.2 Å². The largest absolute Gasteiger partial charge is 0.454 e. The molecule has 3 heterocycles. The van der Waals surface area contributed by atoms with Crippen molar-refractivity contribution in [2.24, 2.45) is 0 Å². The highest BCUT2D eigenvalue weighted by Crippen LogP contribution is 2.38. The second-order valence-corrected chi connectivity index (χ2v) is 9.71. The zero-order valence-electron chi connectivity index (χ0n) is 19.4. The summed E-state index contributed by atoms with van der Waals surface area (Å²) in [7, 11) is 0. The summed E-state index contributed by atoms with van der Waals surface area (Å²) in [5, 5.41) is 2.10. The lowest BCUT2D eigenvalue weighted by molar-refractivity contribution is -0.134. The molecule has 2 amide bonds. The fraction of sp³-hybridized carbons (Fsp3) is 0.333. The van der Waals surface area contributed by atoms with Gasteiger partial charge in [0.15, 0.2) is 11.5 Å². The van der Waals surface area contributed by atoms with E-state index in [0.717, 1.165) is 18.4 Å². The van der Waals surface area contributed by atoms with Crippen LogP contribution in [0.2, 0.25) is 0 Å². The Morgan fingerprint density at radius 2 is 1.91 bits per heavy atom. The molecule has 1 aromatic heterocycles. The number of nitrogens with zero attached hydrogens (tertiary/aromatic N) is 2. The van der Waals surface area contributed by atoms with Crippen LogP contribution < -0.4 is 9.47 Å². The van der Waals surface area contributed by atoms with Crippen LogP contribution in [-0.4, -0.2) is 47.5 Å². The van der Waals surface area contributed by atoms with Gasteiger partial charge in [-0.3, -0.25) is 9.59 Å². The highest BCUT2D eigenvalue weighted by molar-refractivity contribution is 7.10. The van der Waals surface area contributed by atoms with Crippen molar-refractivity contribution in [3.63, 3.8) is 0 Å². The molecule has 2 aromatic carbocycles. The van der Waals surface area contributed by atoms with Crippen LogP contribution in [0, 0.1) is 0 Å². The Morgan fingerprint density at radius 1 is 1.12 bits per heavy atom. The minimum atomic E-state index is -0.175. The van der Waals surface area contributed by atoms with Crippen LogP contribution in [0.15, 0.2) is 60.0 Å². The average Bonchev–Trinajstić information content (AvgIpc) is 3.55. The van der Waals surface area contributed by atoms with Crippen molar-refractivity contribution < 1.29 is 19.1 Å². The van der Waals surface area contributed by atoms with Crippen LogP contribution >= 0.6 is 11.3 Å². The van der Waals surface area contributed by atoms with E-state index >= 15 is 0 Å². The summed E-state index contributed by atoms with van der Waals surface area (Å²) in [4.78, 5) is 32.2. The minimum Gasteiger partial charge on any atom is -0.454 e. The summed E-state index contributed by atoms with van der Waals surface area (Å²) in [5.41, 5.74) is 2.77. The lowest BCUT2D eigenvalue weighted by atomic mass is 9.93. The van der Waals surface area contributed by atoms with Gasteiger partial charge in [-0.25, -0.2) is 0 Å². The molecule has 2 unspecified atom stereocenters. The molecule has 3 aromatic rings. The number of hydrogen-bond acceptors (Lipinski definition) is 5. The summed E-state index contributed by atoms with van der Waals surface area (Å²) in [5.74, 6) is 0.977. The van der Waals surface area contributed by atoms with Crippen LogP contribution in [0.3, 0.4) is 0 Å². The second kappa shape index (κ2) is 9.50. The van der Waals surface area contributed by atoms with E-state index in [1.807, 2.05) is 36.9 Å². The van der Waals surface area contributed by atoms with Gasteiger partial charge in [0.25, 0.3) is 5.91 Å². The zero-order valence-corrected chi connectivity index (χ0v) is 20.2. The van der Waals surface area contributed by atoms with E-state index in [0.29, 0.717) is 23.6 Å². The molecule has 6 nitrogen and oxygen atoms in total. The Kier molecular flexibility index (Phi) is 6.28. The zero-order chi connectivity index (χ0) is 23.7. The van der Waals surface area contributed by atoms with Gasteiger partial charge in [0, 0.05) is 23.0 Å². The number of amides is 2. The van der Waals surface area contributed by atoms with Gasteiger partial charge >= 0.3 is 0 Å². The molecule has 34 heavy (non-hydrogen) atoms. The SMILES string of the molecule is CCC(C)N(CC(=O)N1CCc2sccc2C1c1ccccc1)C(=O)c1ccc2c(c1)OCO2. The second-order valence-electron chi connectivity index (χ2n) is 8.71. The van der Waals surface area contributed by atoms with Crippen LogP contribution in [0.1, 0.15) is 52.7 Å². The van der Waals surface area contributed by atoms with E-state index in [1.165, 1.54) is 10.4 Å². The van der Waals surface area contributed by atoms with E-state index < -0.39 is 0 Å². The number of rotatable bonds is 6. The van der Waals surface area contributed by atoms with Crippen LogP contribution in [0.25, 0.3) is 0 Å².